The third kappa shape index (κ3) is 3.41. The van der Waals surface area contributed by atoms with E-state index in [1.54, 1.807) is 25.1 Å². The van der Waals surface area contributed by atoms with Crippen molar-refractivity contribution in [3.05, 3.63) is 42.1 Å². The molecule has 0 aliphatic heterocycles. The number of aryl methyl sites for hydroxylation is 1. The summed E-state index contributed by atoms with van der Waals surface area (Å²) >= 11 is 0. The minimum Gasteiger partial charge on any atom is -0.338 e. The molecule has 0 aliphatic carbocycles. The molecule has 0 bridgehead atoms. The number of anilines is 1. The minimum atomic E-state index is -3.65. The Balaban J connectivity index is 2.07. The molecule has 0 saturated heterocycles. The number of aromatic nitrogens is 1. The summed E-state index contributed by atoms with van der Waals surface area (Å²) in [6.07, 6.45) is 0. The fourth-order valence-corrected chi connectivity index (χ4v) is 2.64. The molecule has 2 aromatic rings. The van der Waals surface area contributed by atoms with Crippen LogP contribution in [0.3, 0.4) is 0 Å². The van der Waals surface area contributed by atoms with Gasteiger partial charge in [-0.3, -0.25) is 10.1 Å². The first kappa shape index (κ1) is 13.3. The van der Waals surface area contributed by atoms with E-state index in [2.05, 4.69) is 10.5 Å². The van der Waals surface area contributed by atoms with Gasteiger partial charge in [0.2, 0.25) is 11.8 Å². The van der Waals surface area contributed by atoms with Crippen LogP contribution in [0.2, 0.25) is 0 Å². The van der Waals surface area contributed by atoms with E-state index in [1.807, 2.05) is 0 Å². The van der Waals surface area contributed by atoms with Crippen LogP contribution in [0.15, 0.2) is 45.8 Å². The predicted molar refractivity (Wildman–Crippen MR) is 68.4 cm³/mol. The van der Waals surface area contributed by atoms with E-state index in [1.165, 1.54) is 18.2 Å². The summed E-state index contributed by atoms with van der Waals surface area (Å²) in [5.41, 5.74) is 0.598. The third-order valence-corrected chi connectivity index (χ3v) is 3.95. The van der Waals surface area contributed by atoms with Crippen LogP contribution >= 0.6 is 0 Å². The molecule has 0 unspecified atom stereocenters. The summed E-state index contributed by atoms with van der Waals surface area (Å²) < 4.78 is 28.6. The lowest BCUT2D eigenvalue weighted by molar-refractivity contribution is -0.114. The normalized spacial score (nSPS) is 11.2. The van der Waals surface area contributed by atoms with Gasteiger partial charge in [0.15, 0.2) is 9.84 Å². The zero-order valence-electron chi connectivity index (χ0n) is 10.2. The Morgan fingerprint density at radius 3 is 2.58 bits per heavy atom. The van der Waals surface area contributed by atoms with Crippen molar-refractivity contribution in [3.8, 4) is 0 Å². The number of benzene rings is 1. The number of nitrogens with one attached hydrogen (secondary N) is 1. The molecular formula is C12H12N2O4S. The highest BCUT2D eigenvalue weighted by Crippen LogP contribution is 2.12. The van der Waals surface area contributed by atoms with Crippen molar-refractivity contribution in [1.82, 2.24) is 5.16 Å². The summed E-state index contributed by atoms with van der Waals surface area (Å²) in [6, 6.07) is 9.31. The van der Waals surface area contributed by atoms with E-state index in [0.717, 1.165) is 0 Å². The van der Waals surface area contributed by atoms with Gasteiger partial charge in [-0.1, -0.05) is 23.4 Å². The van der Waals surface area contributed by atoms with Crippen LogP contribution in [0.4, 0.5) is 5.88 Å². The molecule has 19 heavy (non-hydrogen) atoms. The Hall–Kier alpha value is -2.15. The molecule has 0 radical (unpaired) electrons. The standard InChI is InChI=1S/C12H12N2O4S/c1-9-7-12(18-14-9)13-11(15)8-19(16,17)10-5-3-2-4-6-10/h2-7H,8H2,1H3,(H,13,15). The molecule has 0 atom stereocenters. The third-order valence-electron chi connectivity index (χ3n) is 2.31. The number of carbonyl (C=O) groups is 1. The van der Waals surface area contributed by atoms with Crippen LogP contribution < -0.4 is 5.32 Å². The molecule has 2 rings (SSSR count). The smallest absolute Gasteiger partial charge is 0.242 e. The van der Waals surface area contributed by atoms with Gasteiger partial charge >= 0.3 is 0 Å². The maximum absolute atomic E-state index is 11.9. The molecule has 0 spiro atoms. The SMILES string of the molecule is Cc1cc(NC(=O)CS(=O)(=O)c2ccccc2)on1. The monoisotopic (exact) mass is 280 g/mol. The van der Waals surface area contributed by atoms with E-state index in [-0.39, 0.29) is 10.8 Å². The topological polar surface area (TPSA) is 89.3 Å². The number of nitrogens with zero attached hydrogens (tertiary/aromatic N) is 1. The van der Waals surface area contributed by atoms with E-state index >= 15 is 0 Å². The molecule has 1 N–H and O–H groups in total. The van der Waals surface area contributed by atoms with Crippen molar-refractivity contribution in [2.24, 2.45) is 0 Å². The van der Waals surface area contributed by atoms with E-state index < -0.39 is 21.5 Å². The van der Waals surface area contributed by atoms with Crippen molar-refractivity contribution >= 4 is 21.6 Å². The Morgan fingerprint density at radius 1 is 1.32 bits per heavy atom. The maximum atomic E-state index is 11.9. The lowest BCUT2D eigenvalue weighted by Gasteiger charge is -2.03. The highest BCUT2D eigenvalue weighted by Gasteiger charge is 2.19. The predicted octanol–water partition coefficient (Wildman–Crippen LogP) is 1.40. The van der Waals surface area contributed by atoms with Crippen molar-refractivity contribution in [2.45, 2.75) is 11.8 Å². The number of sulfone groups is 1. The average Bonchev–Trinajstić information content (AvgIpc) is 2.75. The molecular weight excluding hydrogens is 268 g/mol. The Labute approximate surface area is 110 Å². The first-order chi connectivity index (χ1) is 8.97. The second-order valence-electron chi connectivity index (χ2n) is 3.95. The van der Waals surface area contributed by atoms with Gasteiger partial charge in [-0.15, -0.1) is 0 Å². The van der Waals surface area contributed by atoms with Gasteiger partial charge in [-0.25, -0.2) is 8.42 Å². The second kappa shape index (κ2) is 5.23. The summed E-state index contributed by atoms with van der Waals surface area (Å²) in [4.78, 5) is 11.7. The Morgan fingerprint density at radius 2 is 2.00 bits per heavy atom. The summed E-state index contributed by atoms with van der Waals surface area (Å²) in [5, 5.41) is 5.93. The van der Waals surface area contributed by atoms with Crippen LogP contribution in [0.5, 0.6) is 0 Å². The van der Waals surface area contributed by atoms with Crippen LogP contribution in [0, 0.1) is 6.92 Å². The van der Waals surface area contributed by atoms with Crippen molar-refractivity contribution in [1.29, 1.82) is 0 Å². The highest BCUT2D eigenvalue weighted by molar-refractivity contribution is 7.92. The van der Waals surface area contributed by atoms with E-state index in [9.17, 15) is 13.2 Å². The number of hydrogen-bond acceptors (Lipinski definition) is 5. The van der Waals surface area contributed by atoms with E-state index in [0.29, 0.717) is 5.69 Å². The largest absolute Gasteiger partial charge is 0.338 e. The average molecular weight is 280 g/mol. The van der Waals surface area contributed by atoms with Gasteiger partial charge in [-0.05, 0) is 19.1 Å². The molecule has 1 aromatic carbocycles. The molecule has 7 heteroatoms. The molecule has 100 valence electrons. The van der Waals surface area contributed by atoms with Gasteiger partial charge in [0, 0.05) is 6.07 Å². The van der Waals surface area contributed by atoms with Gasteiger partial charge in [0.1, 0.15) is 5.75 Å². The quantitative estimate of drug-likeness (QED) is 0.914. The lowest BCUT2D eigenvalue weighted by Crippen LogP contribution is -2.22. The molecule has 1 heterocycles. The lowest BCUT2D eigenvalue weighted by atomic mass is 10.4. The van der Waals surface area contributed by atoms with Crippen molar-refractivity contribution < 1.29 is 17.7 Å². The van der Waals surface area contributed by atoms with Crippen LogP contribution in [0.1, 0.15) is 5.69 Å². The molecule has 6 nitrogen and oxygen atoms in total. The summed E-state index contributed by atoms with van der Waals surface area (Å²) in [6.45, 7) is 1.69. The Kier molecular flexibility index (Phi) is 3.66. The molecule has 1 amide bonds. The summed E-state index contributed by atoms with van der Waals surface area (Å²) in [7, 11) is -3.65. The fourth-order valence-electron chi connectivity index (χ4n) is 1.48. The number of carbonyl (C=O) groups excluding carboxylic acids is 1. The fraction of sp³-hybridized carbons (Fsp3) is 0.167. The number of amides is 1. The summed E-state index contributed by atoms with van der Waals surface area (Å²) in [5.74, 6) is -1.18. The van der Waals surface area contributed by atoms with Crippen LogP contribution in [-0.2, 0) is 14.6 Å². The molecule has 1 aromatic heterocycles. The number of hydrogen-bond donors (Lipinski definition) is 1. The molecule has 0 saturated carbocycles. The highest BCUT2D eigenvalue weighted by atomic mass is 32.2. The van der Waals surface area contributed by atoms with Crippen LogP contribution in [0.25, 0.3) is 0 Å². The molecule has 0 fully saturated rings. The van der Waals surface area contributed by atoms with Gasteiger partial charge < -0.3 is 4.52 Å². The zero-order chi connectivity index (χ0) is 13.9. The van der Waals surface area contributed by atoms with Gasteiger partial charge in [0.05, 0.1) is 10.6 Å². The zero-order valence-corrected chi connectivity index (χ0v) is 11.0. The van der Waals surface area contributed by atoms with E-state index in [4.69, 9.17) is 4.52 Å². The Bertz CT molecular complexity index is 677. The first-order valence-electron chi connectivity index (χ1n) is 5.48. The van der Waals surface area contributed by atoms with Crippen LogP contribution in [-0.4, -0.2) is 25.2 Å². The number of rotatable bonds is 4. The molecule has 0 aliphatic rings. The first-order valence-corrected chi connectivity index (χ1v) is 7.13. The second-order valence-corrected chi connectivity index (χ2v) is 5.94. The maximum Gasteiger partial charge on any atom is 0.242 e. The van der Waals surface area contributed by atoms with Crippen molar-refractivity contribution in [3.63, 3.8) is 0 Å². The minimum absolute atomic E-state index is 0.110. The van der Waals surface area contributed by atoms with Gasteiger partial charge in [0.25, 0.3) is 0 Å². The van der Waals surface area contributed by atoms with Gasteiger partial charge in [-0.2, -0.15) is 0 Å². The van der Waals surface area contributed by atoms with Crippen molar-refractivity contribution in [2.75, 3.05) is 11.1 Å².